The second kappa shape index (κ2) is 8.54. The van der Waals surface area contributed by atoms with Crippen LogP contribution in [0.3, 0.4) is 0 Å². The van der Waals surface area contributed by atoms with Gasteiger partial charge >= 0.3 is 0 Å². The first kappa shape index (κ1) is 23.1. The topological polar surface area (TPSA) is 130 Å². The van der Waals surface area contributed by atoms with Crippen molar-refractivity contribution in [2.75, 3.05) is 12.3 Å². The predicted octanol–water partition coefficient (Wildman–Crippen LogP) is 1.57. The Morgan fingerprint density at radius 2 is 1.31 bits per heavy atom. The van der Waals surface area contributed by atoms with Gasteiger partial charge in [-0.2, -0.15) is 0 Å². The maximum absolute atomic E-state index is 12.3. The number of imide groups is 1. The van der Waals surface area contributed by atoms with E-state index in [1.807, 2.05) is 25.5 Å². The smallest absolute Gasteiger partial charge is 0.264 e. The third kappa shape index (κ3) is 5.20. The molecule has 1 aliphatic rings. The molecule has 0 spiro atoms. The van der Waals surface area contributed by atoms with E-state index in [1.165, 1.54) is 36.4 Å². The number of carbonyl (C=O) groups excluding carboxylic acids is 4. The van der Waals surface area contributed by atoms with E-state index in [2.05, 4.69) is 5.32 Å². The Morgan fingerprint density at radius 1 is 0.844 bits per heavy atom. The zero-order chi connectivity index (χ0) is 23.7. The van der Waals surface area contributed by atoms with Crippen LogP contribution in [0.1, 0.15) is 62.2 Å². The molecule has 3 rings (SSSR count). The third-order valence-corrected chi connectivity index (χ3v) is 5.82. The quantitative estimate of drug-likeness (QED) is 0.634. The number of amides is 4. The summed E-state index contributed by atoms with van der Waals surface area (Å²) in [4.78, 5) is 50.0. The van der Waals surface area contributed by atoms with Gasteiger partial charge in [-0.1, -0.05) is 12.1 Å². The molecule has 0 radical (unpaired) electrons. The molecule has 0 saturated heterocycles. The summed E-state index contributed by atoms with van der Waals surface area (Å²) >= 11 is 0. The summed E-state index contributed by atoms with van der Waals surface area (Å²) in [6, 6.07) is 11.7. The summed E-state index contributed by atoms with van der Waals surface area (Å²) in [7, 11) is -4.13. The largest absolute Gasteiger partial charge is 0.347 e. The minimum absolute atomic E-state index is 0.0432. The number of sulfonamides is 1. The highest BCUT2D eigenvalue weighted by atomic mass is 32.2. The lowest BCUT2D eigenvalue weighted by Gasteiger charge is -2.20. The van der Waals surface area contributed by atoms with Crippen molar-refractivity contribution in [3.63, 3.8) is 0 Å². The molecule has 0 saturated carbocycles. The molecule has 0 unspecified atom stereocenters. The average molecular weight is 458 g/mol. The highest BCUT2D eigenvalue weighted by Gasteiger charge is 2.35. The van der Waals surface area contributed by atoms with Crippen molar-refractivity contribution in [1.29, 1.82) is 0 Å². The fourth-order valence-electron chi connectivity index (χ4n) is 3.09. The normalized spacial score (nSPS) is 13.7. The van der Waals surface area contributed by atoms with Crippen LogP contribution in [0.4, 0.5) is 0 Å². The standard InChI is InChI=1S/C22H23N3O6S/c1-22(2,3)23-18(26)14-8-10-15(11-9-14)19(27)24-32(30,31)13-12-25-20(28)16-6-4-5-7-17(16)21(25)29/h4-11H,12-13H2,1-3H3,(H,23,26)(H,24,27). The predicted molar refractivity (Wildman–Crippen MR) is 117 cm³/mol. The first-order chi connectivity index (χ1) is 14.9. The Kier molecular flexibility index (Phi) is 6.18. The summed E-state index contributed by atoms with van der Waals surface area (Å²) in [5, 5.41) is 2.78. The maximum Gasteiger partial charge on any atom is 0.264 e. The van der Waals surface area contributed by atoms with Crippen molar-refractivity contribution in [1.82, 2.24) is 14.9 Å². The molecule has 0 fully saturated rings. The van der Waals surface area contributed by atoms with E-state index in [9.17, 15) is 27.6 Å². The number of rotatable bonds is 6. The molecule has 10 heteroatoms. The molecule has 1 aliphatic heterocycles. The van der Waals surface area contributed by atoms with Gasteiger partial charge in [0.2, 0.25) is 10.0 Å². The summed E-state index contributed by atoms with van der Waals surface area (Å²) in [6.07, 6.45) is 0. The molecule has 0 bridgehead atoms. The van der Waals surface area contributed by atoms with Gasteiger partial charge in [0, 0.05) is 23.2 Å². The van der Waals surface area contributed by atoms with Crippen LogP contribution in [0, 0.1) is 0 Å². The Bertz CT molecular complexity index is 1160. The number of fused-ring (bicyclic) bond motifs is 1. The highest BCUT2D eigenvalue weighted by Crippen LogP contribution is 2.22. The molecule has 2 aromatic rings. The van der Waals surface area contributed by atoms with Crippen molar-refractivity contribution >= 4 is 33.7 Å². The highest BCUT2D eigenvalue weighted by molar-refractivity contribution is 7.90. The van der Waals surface area contributed by atoms with E-state index in [4.69, 9.17) is 0 Å². The molecule has 32 heavy (non-hydrogen) atoms. The van der Waals surface area contributed by atoms with Crippen LogP contribution in [0.2, 0.25) is 0 Å². The van der Waals surface area contributed by atoms with Crippen LogP contribution in [-0.4, -0.2) is 54.8 Å². The Hall–Kier alpha value is -3.53. The molecular weight excluding hydrogens is 434 g/mol. The summed E-state index contributed by atoms with van der Waals surface area (Å²) in [6.45, 7) is 5.11. The van der Waals surface area contributed by atoms with Gasteiger partial charge < -0.3 is 5.32 Å². The molecule has 1 heterocycles. The van der Waals surface area contributed by atoms with Gasteiger partial charge in [0.25, 0.3) is 23.6 Å². The van der Waals surface area contributed by atoms with Gasteiger partial charge in [-0.15, -0.1) is 0 Å². The van der Waals surface area contributed by atoms with Crippen LogP contribution < -0.4 is 10.0 Å². The van der Waals surface area contributed by atoms with Crippen LogP contribution in [0.15, 0.2) is 48.5 Å². The summed E-state index contributed by atoms with van der Waals surface area (Å²) in [5.41, 5.74) is 0.372. The molecule has 2 aromatic carbocycles. The number of hydrogen-bond acceptors (Lipinski definition) is 6. The molecule has 0 atom stereocenters. The molecule has 0 aromatic heterocycles. The fourth-order valence-corrected chi connectivity index (χ4v) is 4.02. The molecule has 0 aliphatic carbocycles. The minimum atomic E-state index is -4.13. The zero-order valence-electron chi connectivity index (χ0n) is 17.8. The number of nitrogens with zero attached hydrogens (tertiary/aromatic N) is 1. The molecular formula is C22H23N3O6S. The monoisotopic (exact) mass is 457 g/mol. The molecule has 4 amide bonds. The zero-order valence-corrected chi connectivity index (χ0v) is 18.7. The van der Waals surface area contributed by atoms with E-state index in [-0.39, 0.29) is 29.1 Å². The number of hydrogen-bond donors (Lipinski definition) is 2. The summed E-state index contributed by atoms with van der Waals surface area (Å²) < 4.78 is 26.6. The van der Waals surface area contributed by atoms with Gasteiger partial charge in [-0.25, -0.2) is 13.1 Å². The van der Waals surface area contributed by atoms with Crippen molar-refractivity contribution in [2.45, 2.75) is 26.3 Å². The van der Waals surface area contributed by atoms with E-state index in [1.54, 1.807) is 12.1 Å². The van der Waals surface area contributed by atoms with Crippen molar-refractivity contribution < 1.29 is 27.6 Å². The van der Waals surface area contributed by atoms with E-state index in [0.717, 1.165) is 4.90 Å². The second-order valence-corrected chi connectivity index (χ2v) is 10.2. The SMILES string of the molecule is CC(C)(C)NC(=O)c1ccc(C(=O)NS(=O)(=O)CCN2C(=O)c3ccccc3C2=O)cc1. The van der Waals surface area contributed by atoms with E-state index >= 15 is 0 Å². The first-order valence-electron chi connectivity index (χ1n) is 9.80. The Balaban J connectivity index is 1.61. The van der Waals surface area contributed by atoms with E-state index in [0.29, 0.717) is 5.56 Å². The lowest BCUT2D eigenvalue weighted by molar-refractivity contribution is 0.0663. The lowest BCUT2D eigenvalue weighted by Crippen LogP contribution is -2.40. The third-order valence-electron chi connectivity index (χ3n) is 4.61. The Morgan fingerprint density at radius 3 is 1.78 bits per heavy atom. The van der Waals surface area contributed by atoms with Crippen molar-refractivity contribution in [3.8, 4) is 0 Å². The minimum Gasteiger partial charge on any atom is -0.347 e. The maximum atomic E-state index is 12.3. The van der Waals surface area contributed by atoms with Crippen molar-refractivity contribution in [2.24, 2.45) is 0 Å². The van der Waals surface area contributed by atoms with Crippen molar-refractivity contribution in [3.05, 3.63) is 70.8 Å². The van der Waals surface area contributed by atoms with Crippen LogP contribution in [-0.2, 0) is 10.0 Å². The number of nitrogens with one attached hydrogen (secondary N) is 2. The second-order valence-electron chi connectivity index (χ2n) is 8.34. The average Bonchev–Trinajstić information content (AvgIpc) is 2.95. The summed E-state index contributed by atoms with van der Waals surface area (Å²) in [5.74, 6) is -2.98. The first-order valence-corrected chi connectivity index (χ1v) is 11.5. The molecule has 9 nitrogen and oxygen atoms in total. The Labute approximate surface area is 185 Å². The number of benzene rings is 2. The number of carbonyl (C=O) groups is 4. The van der Waals surface area contributed by atoms with E-state index < -0.39 is 39.0 Å². The van der Waals surface area contributed by atoms with Gasteiger partial charge in [-0.05, 0) is 57.2 Å². The van der Waals surface area contributed by atoms with Gasteiger partial charge in [0.1, 0.15) is 0 Å². The molecule has 2 N–H and O–H groups in total. The van der Waals surface area contributed by atoms with Gasteiger partial charge in [0.05, 0.1) is 16.9 Å². The van der Waals surface area contributed by atoms with Crippen LogP contribution in [0.5, 0.6) is 0 Å². The van der Waals surface area contributed by atoms with Crippen LogP contribution >= 0.6 is 0 Å². The van der Waals surface area contributed by atoms with Gasteiger partial charge in [-0.3, -0.25) is 24.1 Å². The van der Waals surface area contributed by atoms with Gasteiger partial charge in [0.15, 0.2) is 0 Å². The fraction of sp³-hybridized carbons (Fsp3) is 0.273. The molecule has 168 valence electrons. The van der Waals surface area contributed by atoms with Crippen LogP contribution in [0.25, 0.3) is 0 Å². The lowest BCUT2D eigenvalue weighted by atomic mass is 10.1.